The standard InChI is InChI=1S/C16H18ClN5O3S/c1-10-18-15(20-24-10)9-21-4-6-22(7-5-21)16(23)12-8-11(19-25-12)13-2-3-14(17)26-13/h2-3,12H,4-9H2,1H3. The average Bonchev–Trinajstić information content (AvgIpc) is 3.36. The summed E-state index contributed by atoms with van der Waals surface area (Å²) in [5, 5.41) is 7.99. The van der Waals surface area contributed by atoms with Gasteiger partial charge in [0.15, 0.2) is 5.82 Å². The van der Waals surface area contributed by atoms with Crippen LogP contribution in [-0.4, -0.2) is 63.8 Å². The fourth-order valence-corrected chi connectivity index (χ4v) is 4.09. The Morgan fingerprint density at radius 1 is 1.35 bits per heavy atom. The average molecular weight is 396 g/mol. The quantitative estimate of drug-likeness (QED) is 0.786. The monoisotopic (exact) mass is 395 g/mol. The summed E-state index contributed by atoms with van der Waals surface area (Å²) in [5.74, 6) is 1.23. The Labute approximate surface area is 159 Å². The van der Waals surface area contributed by atoms with Gasteiger partial charge in [-0.05, 0) is 12.1 Å². The zero-order valence-corrected chi connectivity index (χ0v) is 15.8. The number of hydrogen-bond donors (Lipinski definition) is 0. The van der Waals surface area contributed by atoms with Gasteiger partial charge in [-0.25, -0.2) is 0 Å². The number of aromatic nitrogens is 2. The largest absolute Gasteiger partial charge is 0.382 e. The first kappa shape index (κ1) is 17.4. The molecule has 2 aliphatic heterocycles. The molecule has 138 valence electrons. The fraction of sp³-hybridized carbons (Fsp3) is 0.500. The highest BCUT2D eigenvalue weighted by Crippen LogP contribution is 2.27. The molecule has 2 aliphatic rings. The highest BCUT2D eigenvalue weighted by molar-refractivity contribution is 7.18. The van der Waals surface area contributed by atoms with Crippen LogP contribution in [-0.2, 0) is 16.2 Å². The molecule has 26 heavy (non-hydrogen) atoms. The van der Waals surface area contributed by atoms with Crippen LogP contribution < -0.4 is 0 Å². The maximum Gasteiger partial charge on any atom is 0.266 e. The molecule has 0 spiro atoms. The van der Waals surface area contributed by atoms with E-state index in [2.05, 4.69) is 20.2 Å². The fourth-order valence-electron chi connectivity index (χ4n) is 3.06. The minimum atomic E-state index is -0.544. The summed E-state index contributed by atoms with van der Waals surface area (Å²) in [6, 6.07) is 3.73. The van der Waals surface area contributed by atoms with Crippen molar-refractivity contribution in [2.24, 2.45) is 5.16 Å². The van der Waals surface area contributed by atoms with E-state index in [1.807, 2.05) is 17.0 Å². The predicted octanol–water partition coefficient (Wildman–Crippen LogP) is 1.93. The van der Waals surface area contributed by atoms with Gasteiger partial charge in [0, 0.05) is 39.5 Å². The minimum absolute atomic E-state index is 0.0125. The third kappa shape index (κ3) is 3.74. The number of nitrogens with zero attached hydrogens (tertiary/aromatic N) is 5. The Morgan fingerprint density at radius 2 is 2.15 bits per heavy atom. The summed E-state index contributed by atoms with van der Waals surface area (Å²) in [6.07, 6.45) is -0.0600. The van der Waals surface area contributed by atoms with Crippen LogP contribution in [0.5, 0.6) is 0 Å². The van der Waals surface area contributed by atoms with Crippen LogP contribution in [0, 0.1) is 6.92 Å². The molecular formula is C16H18ClN5O3S. The second-order valence-corrected chi connectivity index (χ2v) is 7.99. The van der Waals surface area contributed by atoms with E-state index in [0.29, 0.717) is 42.1 Å². The van der Waals surface area contributed by atoms with Crippen molar-refractivity contribution < 1.29 is 14.2 Å². The molecule has 0 radical (unpaired) electrons. The first-order chi connectivity index (χ1) is 12.6. The molecular weight excluding hydrogens is 378 g/mol. The van der Waals surface area contributed by atoms with Gasteiger partial charge in [-0.1, -0.05) is 21.9 Å². The summed E-state index contributed by atoms with van der Waals surface area (Å²) in [4.78, 5) is 27.3. The molecule has 0 bridgehead atoms. The van der Waals surface area contributed by atoms with Crippen LogP contribution in [0.3, 0.4) is 0 Å². The Hall–Kier alpha value is -1.97. The topological polar surface area (TPSA) is 84.1 Å². The number of hydrogen-bond acceptors (Lipinski definition) is 8. The van der Waals surface area contributed by atoms with E-state index in [4.69, 9.17) is 21.0 Å². The number of thiophene rings is 1. The number of halogens is 1. The van der Waals surface area contributed by atoms with Crippen LogP contribution in [0.1, 0.15) is 23.0 Å². The zero-order chi connectivity index (χ0) is 18.1. The van der Waals surface area contributed by atoms with E-state index in [0.717, 1.165) is 23.7 Å². The SMILES string of the molecule is Cc1nc(CN2CCN(C(=O)C3CC(c4ccc(Cl)s4)=NO3)CC2)no1. The maximum absolute atomic E-state index is 12.7. The number of carbonyl (C=O) groups excluding carboxylic acids is 1. The molecule has 0 aliphatic carbocycles. The van der Waals surface area contributed by atoms with Gasteiger partial charge in [-0.2, -0.15) is 4.98 Å². The number of oxime groups is 1. The summed E-state index contributed by atoms with van der Waals surface area (Å²) in [6.45, 7) is 5.23. The van der Waals surface area contributed by atoms with Gasteiger partial charge in [0.1, 0.15) is 5.71 Å². The molecule has 10 heteroatoms. The first-order valence-corrected chi connectivity index (χ1v) is 9.56. The number of carbonyl (C=O) groups is 1. The lowest BCUT2D eigenvalue weighted by molar-refractivity contribution is -0.143. The van der Waals surface area contributed by atoms with Crippen molar-refractivity contribution in [2.75, 3.05) is 26.2 Å². The molecule has 4 heterocycles. The van der Waals surface area contributed by atoms with E-state index >= 15 is 0 Å². The van der Waals surface area contributed by atoms with Crippen molar-refractivity contribution in [3.8, 4) is 0 Å². The third-order valence-corrected chi connectivity index (χ3v) is 5.70. The second kappa shape index (κ2) is 7.34. The molecule has 2 aromatic heterocycles. The van der Waals surface area contributed by atoms with Crippen molar-refractivity contribution in [1.29, 1.82) is 0 Å². The highest BCUT2D eigenvalue weighted by Gasteiger charge is 2.34. The molecule has 8 nitrogen and oxygen atoms in total. The second-order valence-electron chi connectivity index (χ2n) is 6.27. The molecule has 1 saturated heterocycles. The minimum Gasteiger partial charge on any atom is -0.382 e. The Kier molecular flexibility index (Phi) is 4.92. The molecule has 1 amide bonds. The van der Waals surface area contributed by atoms with Crippen molar-refractivity contribution in [1.82, 2.24) is 19.9 Å². The summed E-state index contributed by atoms with van der Waals surface area (Å²) in [5.41, 5.74) is 0.784. The van der Waals surface area contributed by atoms with Gasteiger partial charge < -0.3 is 14.3 Å². The molecule has 0 saturated carbocycles. The molecule has 1 unspecified atom stereocenters. The summed E-state index contributed by atoms with van der Waals surface area (Å²) in [7, 11) is 0. The van der Waals surface area contributed by atoms with Gasteiger partial charge in [-0.15, -0.1) is 11.3 Å². The highest BCUT2D eigenvalue weighted by atomic mass is 35.5. The Balaban J connectivity index is 1.28. The number of piperazine rings is 1. The number of amides is 1. The van der Waals surface area contributed by atoms with Gasteiger partial charge in [0.2, 0.25) is 12.0 Å². The predicted molar refractivity (Wildman–Crippen MR) is 96.2 cm³/mol. The van der Waals surface area contributed by atoms with Crippen molar-refractivity contribution in [2.45, 2.75) is 26.0 Å². The maximum atomic E-state index is 12.7. The molecule has 0 N–H and O–H groups in total. The summed E-state index contributed by atoms with van der Waals surface area (Å²) < 4.78 is 5.69. The lowest BCUT2D eigenvalue weighted by atomic mass is 10.1. The van der Waals surface area contributed by atoms with Crippen molar-refractivity contribution in [3.63, 3.8) is 0 Å². The Morgan fingerprint density at radius 3 is 2.81 bits per heavy atom. The van der Waals surface area contributed by atoms with Gasteiger partial charge in [0.05, 0.1) is 15.8 Å². The van der Waals surface area contributed by atoms with Gasteiger partial charge >= 0.3 is 0 Å². The molecule has 4 rings (SSSR count). The van der Waals surface area contributed by atoms with Crippen LogP contribution in [0.4, 0.5) is 0 Å². The smallest absolute Gasteiger partial charge is 0.266 e. The van der Waals surface area contributed by atoms with E-state index in [9.17, 15) is 4.79 Å². The zero-order valence-electron chi connectivity index (χ0n) is 14.2. The molecule has 1 atom stereocenters. The third-order valence-electron chi connectivity index (χ3n) is 4.42. The Bertz CT molecular complexity index is 827. The van der Waals surface area contributed by atoms with Gasteiger partial charge in [0.25, 0.3) is 5.91 Å². The number of rotatable bonds is 4. The number of aryl methyl sites for hydroxylation is 1. The normalized spacial score (nSPS) is 20.9. The van der Waals surface area contributed by atoms with E-state index in [-0.39, 0.29) is 5.91 Å². The van der Waals surface area contributed by atoms with Crippen LogP contribution in [0.25, 0.3) is 0 Å². The molecule has 1 fully saturated rings. The molecule has 0 aromatic carbocycles. The lowest BCUT2D eigenvalue weighted by Crippen LogP contribution is -2.51. The van der Waals surface area contributed by atoms with Crippen LogP contribution in [0.2, 0.25) is 4.34 Å². The van der Waals surface area contributed by atoms with E-state index in [1.54, 1.807) is 6.92 Å². The van der Waals surface area contributed by atoms with Gasteiger partial charge in [-0.3, -0.25) is 9.69 Å². The van der Waals surface area contributed by atoms with Crippen LogP contribution >= 0.6 is 22.9 Å². The van der Waals surface area contributed by atoms with E-state index in [1.165, 1.54) is 11.3 Å². The van der Waals surface area contributed by atoms with Crippen molar-refractivity contribution >= 4 is 34.6 Å². The first-order valence-electron chi connectivity index (χ1n) is 8.37. The molecule has 2 aromatic rings. The van der Waals surface area contributed by atoms with Crippen LogP contribution in [0.15, 0.2) is 21.8 Å². The summed E-state index contributed by atoms with van der Waals surface area (Å²) >= 11 is 7.40. The van der Waals surface area contributed by atoms with Crippen molar-refractivity contribution in [3.05, 3.63) is 33.1 Å². The van der Waals surface area contributed by atoms with E-state index < -0.39 is 6.10 Å². The lowest BCUT2D eigenvalue weighted by Gasteiger charge is -2.34.